The van der Waals surface area contributed by atoms with Crippen LogP contribution in [0, 0.1) is 5.41 Å². The second-order valence-corrected chi connectivity index (χ2v) is 6.22. The topological polar surface area (TPSA) is 55.8 Å². The van der Waals surface area contributed by atoms with Gasteiger partial charge >= 0.3 is 5.97 Å². The molecule has 0 amide bonds. The van der Waals surface area contributed by atoms with Gasteiger partial charge in [0, 0.05) is 10.0 Å². The highest BCUT2D eigenvalue weighted by atomic mass is 79.9. The van der Waals surface area contributed by atoms with E-state index < -0.39 is 16.8 Å². The molecule has 3 rings (SSSR count). The summed E-state index contributed by atoms with van der Waals surface area (Å²) in [7, 11) is 1.61. The molecule has 1 aliphatic heterocycles. The first-order valence-corrected chi connectivity index (χ1v) is 7.00. The molecule has 0 aromatic heterocycles. The summed E-state index contributed by atoms with van der Waals surface area (Å²) in [5, 5.41) is 9.59. The van der Waals surface area contributed by atoms with E-state index in [-0.39, 0.29) is 0 Å². The normalized spacial score (nSPS) is 22.4. The van der Waals surface area contributed by atoms with Crippen LogP contribution in [0.2, 0.25) is 0 Å². The van der Waals surface area contributed by atoms with E-state index in [1.165, 1.54) is 0 Å². The quantitative estimate of drug-likeness (QED) is 0.924. The zero-order valence-corrected chi connectivity index (χ0v) is 12.2. The lowest BCUT2D eigenvalue weighted by Gasteiger charge is -2.47. The molecule has 5 heteroatoms. The maximum Gasteiger partial charge on any atom is 0.310 e. The summed E-state index contributed by atoms with van der Waals surface area (Å²) in [5.74, 6) is 0.0110. The predicted octanol–water partition coefficient (Wildman–Crippen LogP) is 2.59. The van der Waals surface area contributed by atoms with Crippen LogP contribution in [0.3, 0.4) is 0 Å². The number of methoxy groups -OCH3 is 1. The monoisotopic (exact) mass is 326 g/mol. The third-order valence-corrected chi connectivity index (χ3v) is 4.94. The van der Waals surface area contributed by atoms with Crippen LogP contribution in [0.15, 0.2) is 22.7 Å². The maximum atomic E-state index is 11.7. The van der Waals surface area contributed by atoms with E-state index in [0.717, 1.165) is 15.8 Å². The fourth-order valence-corrected chi connectivity index (χ4v) is 3.43. The molecule has 0 radical (unpaired) electrons. The van der Waals surface area contributed by atoms with Crippen LogP contribution in [0.1, 0.15) is 18.4 Å². The molecule has 0 spiro atoms. The molecule has 1 N–H and O–H groups in total. The minimum atomic E-state index is -0.724. The van der Waals surface area contributed by atoms with Gasteiger partial charge in [-0.2, -0.15) is 0 Å². The molecule has 19 heavy (non-hydrogen) atoms. The molecular weight excluding hydrogens is 312 g/mol. The maximum absolute atomic E-state index is 11.7. The molecule has 0 atom stereocenters. The summed E-state index contributed by atoms with van der Waals surface area (Å²) in [6, 6.07) is 5.73. The van der Waals surface area contributed by atoms with Gasteiger partial charge in [-0.25, -0.2) is 0 Å². The molecule has 1 saturated carbocycles. The Bertz CT molecular complexity index is 532. The van der Waals surface area contributed by atoms with Gasteiger partial charge in [-0.15, -0.1) is 0 Å². The van der Waals surface area contributed by atoms with Crippen LogP contribution in [-0.4, -0.2) is 31.4 Å². The second-order valence-electron chi connectivity index (χ2n) is 5.31. The molecule has 102 valence electrons. The van der Waals surface area contributed by atoms with E-state index >= 15 is 0 Å². The number of carbonyl (C=O) groups is 1. The molecule has 1 aromatic rings. The van der Waals surface area contributed by atoms with Gasteiger partial charge in [0.15, 0.2) is 0 Å². The van der Waals surface area contributed by atoms with Crippen LogP contribution in [-0.2, 0) is 14.9 Å². The number of hydrogen-bond donors (Lipinski definition) is 1. The van der Waals surface area contributed by atoms with E-state index in [9.17, 15) is 9.90 Å². The number of rotatable bonds is 4. The molecule has 0 unspecified atom stereocenters. The SMILES string of the molecule is COc1ccc(Br)cc1C1(C2(C(=O)O)CC2)COC1. The summed E-state index contributed by atoms with van der Waals surface area (Å²) in [6.45, 7) is 0.901. The van der Waals surface area contributed by atoms with Crippen LogP contribution in [0.4, 0.5) is 0 Å². The molecular formula is C14H15BrO4. The summed E-state index contributed by atoms with van der Waals surface area (Å²) in [4.78, 5) is 11.7. The van der Waals surface area contributed by atoms with E-state index in [1.54, 1.807) is 7.11 Å². The van der Waals surface area contributed by atoms with Crippen molar-refractivity contribution >= 4 is 21.9 Å². The standard InChI is InChI=1S/C14H15BrO4/c1-18-11-3-2-9(15)6-10(11)14(7-19-8-14)13(4-5-13)12(16)17/h2-3,6H,4-5,7-8H2,1H3,(H,16,17). The number of halogens is 1. The number of ether oxygens (including phenoxy) is 2. The Morgan fingerprint density at radius 3 is 2.53 bits per heavy atom. The minimum absolute atomic E-state index is 0.450. The zero-order chi connectivity index (χ0) is 13.7. The molecule has 1 heterocycles. The highest BCUT2D eigenvalue weighted by molar-refractivity contribution is 9.10. The van der Waals surface area contributed by atoms with Crippen molar-refractivity contribution in [1.82, 2.24) is 0 Å². The molecule has 1 aromatic carbocycles. The molecule has 1 saturated heterocycles. The summed E-state index contributed by atoms with van der Waals surface area (Å²) >= 11 is 3.45. The van der Waals surface area contributed by atoms with Crippen molar-refractivity contribution in [3.63, 3.8) is 0 Å². The van der Waals surface area contributed by atoms with Crippen molar-refractivity contribution in [2.24, 2.45) is 5.41 Å². The Morgan fingerprint density at radius 1 is 1.42 bits per heavy atom. The summed E-state index contributed by atoms with van der Waals surface area (Å²) < 4.78 is 11.7. The number of benzene rings is 1. The first kappa shape index (κ1) is 12.9. The predicted molar refractivity (Wildman–Crippen MR) is 72.5 cm³/mol. The van der Waals surface area contributed by atoms with Gasteiger partial charge in [-0.1, -0.05) is 15.9 Å². The van der Waals surface area contributed by atoms with Crippen molar-refractivity contribution in [2.75, 3.05) is 20.3 Å². The first-order chi connectivity index (χ1) is 9.06. The summed E-state index contributed by atoms with van der Waals surface area (Å²) in [5.41, 5.74) is -0.191. The van der Waals surface area contributed by atoms with Crippen LogP contribution < -0.4 is 4.74 Å². The Kier molecular flexibility index (Phi) is 2.87. The van der Waals surface area contributed by atoms with E-state index in [4.69, 9.17) is 9.47 Å². The van der Waals surface area contributed by atoms with Gasteiger partial charge in [-0.3, -0.25) is 4.79 Å². The fraction of sp³-hybridized carbons (Fsp3) is 0.500. The van der Waals surface area contributed by atoms with Gasteiger partial charge in [0.1, 0.15) is 5.75 Å². The number of aliphatic carboxylic acids is 1. The average molecular weight is 327 g/mol. The summed E-state index contributed by atoms with van der Waals surface area (Å²) in [6.07, 6.45) is 1.42. The number of carboxylic acids is 1. The lowest BCUT2D eigenvalue weighted by atomic mass is 9.65. The lowest BCUT2D eigenvalue weighted by molar-refractivity contribution is -0.161. The smallest absolute Gasteiger partial charge is 0.310 e. The highest BCUT2D eigenvalue weighted by Crippen LogP contribution is 2.64. The van der Waals surface area contributed by atoms with Crippen LogP contribution in [0.5, 0.6) is 5.75 Å². The van der Waals surface area contributed by atoms with E-state index in [1.807, 2.05) is 18.2 Å². The molecule has 2 aliphatic rings. The van der Waals surface area contributed by atoms with Gasteiger partial charge in [0.2, 0.25) is 0 Å². The largest absolute Gasteiger partial charge is 0.496 e. The van der Waals surface area contributed by atoms with E-state index in [2.05, 4.69) is 15.9 Å². The van der Waals surface area contributed by atoms with Gasteiger partial charge in [-0.05, 0) is 31.0 Å². The third-order valence-electron chi connectivity index (χ3n) is 4.45. The molecule has 1 aliphatic carbocycles. The first-order valence-electron chi connectivity index (χ1n) is 6.21. The Hall–Kier alpha value is -1.07. The Balaban J connectivity index is 2.13. The van der Waals surface area contributed by atoms with Crippen molar-refractivity contribution in [2.45, 2.75) is 18.3 Å². The average Bonchev–Trinajstić information content (AvgIpc) is 3.10. The number of carboxylic acid groups (broad SMARTS) is 1. The Labute approximate surface area is 119 Å². The van der Waals surface area contributed by atoms with Gasteiger partial charge in [0.25, 0.3) is 0 Å². The van der Waals surface area contributed by atoms with Crippen molar-refractivity contribution in [3.05, 3.63) is 28.2 Å². The van der Waals surface area contributed by atoms with Gasteiger partial charge < -0.3 is 14.6 Å². The van der Waals surface area contributed by atoms with Crippen molar-refractivity contribution in [3.8, 4) is 5.75 Å². The van der Waals surface area contributed by atoms with Crippen molar-refractivity contribution < 1.29 is 19.4 Å². The molecule has 2 fully saturated rings. The number of hydrogen-bond acceptors (Lipinski definition) is 3. The lowest BCUT2D eigenvalue weighted by Crippen LogP contribution is -2.56. The fourth-order valence-electron chi connectivity index (χ4n) is 3.07. The zero-order valence-electron chi connectivity index (χ0n) is 10.6. The second kappa shape index (κ2) is 4.21. The van der Waals surface area contributed by atoms with E-state index in [0.29, 0.717) is 26.1 Å². The third kappa shape index (κ3) is 1.64. The minimum Gasteiger partial charge on any atom is -0.496 e. The molecule has 4 nitrogen and oxygen atoms in total. The molecule has 0 bridgehead atoms. The van der Waals surface area contributed by atoms with Crippen LogP contribution >= 0.6 is 15.9 Å². The highest BCUT2D eigenvalue weighted by Gasteiger charge is 2.69. The van der Waals surface area contributed by atoms with Crippen LogP contribution in [0.25, 0.3) is 0 Å². The Morgan fingerprint density at radius 2 is 2.11 bits per heavy atom. The van der Waals surface area contributed by atoms with Crippen molar-refractivity contribution in [1.29, 1.82) is 0 Å². The van der Waals surface area contributed by atoms with Gasteiger partial charge in [0.05, 0.1) is 31.2 Å².